The van der Waals surface area contributed by atoms with Gasteiger partial charge in [0, 0.05) is 19.3 Å². The number of hydrogen-bond acceptors (Lipinski definition) is 4. The van der Waals surface area contributed by atoms with Crippen LogP contribution in [0.4, 0.5) is 0 Å². The maximum atomic E-state index is 12.9. The van der Waals surface area contributed by atoms with E-state index >= 15 is 0 Å². The zero-order chi connectivity index (χ0) is 15.6. The summed E-state index contributed by atoms with van der Waals surface area (Å²) in [5, 5.41) is 0. The molecule has 120 valence electrons. The highest BCUT2D eigenvalue weighted by Gasteiger charge is 2.39. The van der Waals surface area contributed by atoms with E-state index < -0.39 is 0 Å². The molecule has 5 nitrogen and oxygen atoms in total. The molecule has 5 heteroatoms. The number of rotatable bonds is 2. The number of aromatic nitrogens is 1. The second kappa shape index (κ2) is 6.24. The van der Waals surface area contributed by atoms with Crippen LogP contribution in [0.15, 0.2) is 18.5 Å². The summed E-state index contributed by atoms with van der Waals surface area (Å²) in [6.07, 6.45) is 8.01. The lowest BCUT2D eigenvalue weighted by molar-refractivity contribution is 0.0259. The molecule has 0 N–H and O–H groups in total. The summed E-state index contributed by atoms with van der Waals surface area (Å²) in [6, 6.07) is 1.76. The third-order valence-corrected chi connectivity index (χ3v) is 5.23. The molecule has 1 aromatic heterocycles. The first kappa shape index (κ1) is 15.3. The van der Waals surface area contributed by atoms with Crippen molar-refractivity contribution in [2.24, 2.45) is 5.41 Å². The van der Waals surface area contributed by atoms with Gasteiger partial charge in [-0.2, -0.15) is 0 Å². The summed E-state index contributed by atoms with van der Waals surface area (Å²) in [6.45, 7) is 4.01. The number of nitrogens with zero attached hydrogens (tertiary/aromatic N) is 3. The highest BCUT2D eigenvalue weighted by Crippen LogP contribution is 2.40. The molecule has 0 unspecified atom stereocenters. The van der Waals surface area contributed by atoms with E-state index in [1.165, 1.54) is 19.3 Å². The number of amides is 1. The summed E-state index contributed by atoms with van der Waals surface area (Å²) in [5.41, 5.74) is 0.947. The van der Waals surface area contributed by atoms with E-state index in [2.05, 4.69) is 16.9 Å². The van der Waals surface area contributed by atoms with Crippen molar-refractivity contribution >= 4 is 5.91 Å². The van der Waals surface area contributed by atoms with Crippen LogP contribution in [-0.2, 0) is 0 Å². The van der Waals surface area contributed by atoms with Crippen molar-refractivity contribution in [1.29, 1.82) is 0 Å². The van der Waals surface area contributed by atoms with Crippen molar-refractivity contribution < 1.29 is 9.53 Å². The molecule has 0 radical (unpaired) electrons. The van der Waals surface area contributed by atoms with E-state index in [0.717, 1.165) is 32.6 Å². The van der Waals surface area contributed by atoms with Crippen LogP contribution in [0.2, 0.25) is 0 Å². The van der Waals surface area contributed by atoms with Gasteiger partial charge in [-0.1, -0.05) is 0 Å². The lowest BCUT2D eigenvalue weighted by atomic mass is 9.72. The highest BCUT2D eigenvalue weighted by atomic mass is 16.5. The third kappa shape index (κ3) is 2.95. The molecular formula is C17H25N3O2. The molecule has 0 bridgehead atoms. The molecule has 1 spiro atoms. The number of methoxy groups -OCH3 is 1. The summed E-state index contributed by atoms with van der Waals surface area (Å²) < 4.78 is 5.29. The average molecular weight is 303 g/mol. The van der Waals surface area contributed by atoms with Crippen LogP contribution in [0.1, 0.15) is 36.0 Å². The Morgan fingerprint density at radius 1 is 1.27 bits per heavy atom. The van der Waals surface area contributed by atoms with E-state index in [0.29, 0.717) is 16.7 Å². The molecular weight excluding hydrogens is 278 g/mol. The van der Waals surface area contributed by atoms with Gasteiger partial charge in [-0.05, 0) is 57.3 Å². The molecule has 0 aliphatic carbocycles. The Kier molecular flexibility index (Phi) is 4.34. The fourth-order valence-corrected chi connectivity index (χ4v) is 3.77. The molecule has 3 rings (SSSR count). The molecule has 0 saturated carbocycles. The summed E-state index contributed by atoms with van der Waals surface area (Å²) in [4.78, 5) is 21.3. The van der Waals surface area contributed by atoms with Gasteiger partial charge in [-0.3, -0.25) is 9.78 Å². The number of pyridine rings is 1. The van der Waals surface area contributed by atoms with Crippen LogP contribution in [0.5, 0.6) is 5.75 Å². The van der Waals surface area contributed by atoms with E-state index in [1.54, 1.807) is 25.6 Å². The minimum Gasteiger partial charge on any atom is -0.494 e. The van der Waals surface area contributed by atoms with Crippen LogP contribution in [0.25, 0.3) is 0 Å². The standard InChI is InChI=1S/C17H25N3O2/c1-19-10-6-17(7-11-19)5-3-9-20(13-17)16(21)14-4-8-18-12-15(14)22-2/h4,8,12H,3,5-7,9-11,13H2,1-2H3. The Morgan fingerprint density at radius 2 is 2.05 bits per heavy atom. The van der Waals surface area contributed by atoms with Crippen molar-refractivity contribution in [2.45, 2.75) is 25.7 Å². The first-order chi connectivity index (χ1) is 10.6. The third-order valence-electron chi connectivity index (χ3n) is 5.23. The van der Waals surface area contributed by atoms with E-state index in [1.807, 2.05) is 4.90 Å². The molecule has 1 amide bonds. The normalized spacial score (nSPS) is 21.8. The Labute approximate surface area is 132 Å². The SMILES string of the molecule is COc1cnccc1C(=O)N1CCCC2(CCN(C)CC2)C1. The number of carbonyl (C=O) groups excluding carboxylic acids is 1. The quantitative estimate of drug-likeness (QED) is 0.839. The van der Waals surface area contributed by atoms with Gasteiger partial charge in [0.1, 0.15) is 5.75 Å². The number of ether oxygens (including phenoxy) is 1. The van der Waals surface area contributed by atoms with Crippen LogP contribution >= 0.6 is 0 Å². The molecule has 0 atom stereocenters. The summed E-state index contributed by atoms with van der Waals surface area (Å²) in [5.74, 6) is 0.646. The largest absolute Gasteiger partial charge is 0.494 e. The van der Waals surface area contributed by atoms with Crippen molar-refractivity contribution in [3.05, 3.63) is 24.0 Å². The molecule has 0 aromatic carbocycles. The van der Waals surface area contributed by atoms with Crippen LogP contribution in [0.3, 0.4) is 0 Å². The van der Waals surface area contributed by atoms with Gasteiger partial charge >= 0.3 is 0 Å². The van der Waals surface area contributed by atoms with Crippen LogP contribution in [-0.4, -0.2) is 61.0 Å². The molecule has 22 heavy (non-hydrogen) atoms. The fraction of sp³-hybridized carbons (Fsp3) is 0.647. The molecule has 3 heterocycles. The second-order valence-electron chi connectivity index (χ2n) is 6.71. The molecule has 2 aliphatic heterocycles. The number of likely N-dealkylation sites (tertiary alicyclic amines) is 2. The first-order valence-corrected chi connectivity index (χ1v) is 8.09. The van der Waals surface area contributed by atoms with Crippen LogP contribution < -0.4 is 4.74 Å². The zero-order valence-corrected chi connectivity index (χ0v) is 13.5. The van der Waals surface area contributed by atoms with E-state index in [9.17, 15) is 4.79 Å². The van der Waals surface area contributed by atoms with E-state index in [4.69, 9.17) is 4.74 Å². The van der Waals surface area contributed by atoms with Crippen molar-refractivity contribution in [3.63, 3.8) is 0 Å². The average Bonchev–Trinajstić information content (AvgIpc) is 2.57. The Morgan fingerprint density at radius 3 is 2.77 bits per heavy atom. The van der Waals surface area contributed by atoms with E-state index in [-0.39, 0.29) is 5.91 Å². The van der Waals surface area contributed by atoms with Gasteiger partial charge in [0.2, 0.25) is 0 Å². The van der Waals surface area contributed by atoms with Gasteiger partial charge in [0.15, 0.2) is 0 Å². The second-order valence-corrected chi connectivity index (χ2v) is 6.71. The van der Waals surface area contributed by atoms with Gasteiger partial charge in [-0.15, -0.1) is 0 Å². The van der Waals surface area contributed by atoms with Crippen LogP contribution in [0, 0.1) is 5.41 Å². The number of hydrogen-bond donors (Lipinski definition) is 0. The van der Waals surface area contributed by atoms with Gasteiger partial charge in [-0.25, -0.2) is 0 Å². The highest BCUT2D eigenvalue weighted by molar-refractivity contribution is 5.96. The predicted molar refractivity (Wildman–Crippen MR) is 85.1 cm³/mol. The Hall–Kier alpha value is -1.62. The Balaban J connectivity index is 1.75. The summed E-state index contributed by atoms with van der Waals surface area (Å²) in [7, 11) is 3.77. The van der Waals surface area contributed by atoms with Crippen molar-refractivity contribution in [2.75, 3.05) is 40.3 Å². The lowest BCUT2D eigenvalue weighted by Crippen LogP contribution is -2.50. The van der Waals surface area contributed by atoms with Gasteiger partial charge < -0.3 is 14.5 Å². The topological polar surface area (TPSA) is 45.7 Å². The van der Waals surface area contributed by atoms with Gasteiger partial charge in [0.25, 0.3) is 5.91 Å². The number of piperidine rings is 2. The predicted octanol–water partition coefficient (Wildman–Crippen LogP) is 2.04. The molecule has 1 aromatic rings. The molecule has 2 aliphatic rings. The lowest BCUT2D eigenvalue weighted by Gasteiger charge is -2.47. The minimum absolute atomic E-state index is 0.0808. The van der Waals surface area contributed by atoms with Gasteiger partial charge in [0.05, 0.1) is 18.9 Å². The Bertz CT molecular complexity index is 538. The zero-order valence-electron chi connectivity index (χ0n) is 13.5. The molecule has 2 fully saturated rings. The monoisotopic (exact) mass is 303 g/mol. The summed E-state index contributed by atoms with van der Waals surface area (Å²) >= 11 is 0. The van der Waals surface area contributed by atoms with Crippen molar-refractivity contribution in [1.82, 2.24) is 14.8 Å². The first-order valence-electron chi connectivity index (χ1n) is 8.09. The maximum Gasteiger partial charge on any atom is 0.257 e. The fourth-order valence-electron chi connectivity index (χ4n) is 3.77. The minimum atomic E-state index is 0.0808. The molecule has 2 saturated heterocycles. The number of carbonyl (C=O) groups is 1. The van der Waals surface area contributed by atoms with Crippen molar-refractivity contribution in [3.8, 4) is 5.75 Å². The smallest absolute Gasteiger partial charge is 0.257 e. The maximum absolute atomic E-state index is 12.9.